The van der Waals surface area contributed by atoms with E-state index in [1.807, 2.05) is 55.5 Å². The molecular weight excluding hydrogens is 308 g/mol. The molecule has 2 rings (SSSR count). The average Bonchev–Trinajstić information content (AvgIpc) is 2.55. The fourth-order valence-corrected chi connectivity index (χ4v) is 2.34. The van der Waals surface area contributed by atoms with Crippen LogP contribution in [0.5, 0.6) is 11.5 Å². The molecule has 2 aromatic carbocycles. The van der Waals surface area contributed by atoms with Crippen molar-refractivity contribution in [3.05, 3.63) is 54.1 Å². The third kappa shape index (κ3) is 5.45. The quantitative estimate of drug-likeness (QED) is 0.790. The van der Waals surface area contributed by atoms with Crippen LogP contribution in [0.3, 0.4) is 0 Å². The standard InChI is InChI=1S/C18H22N2O2S/c1-13-8-10-15(11-9-13)20-18(23)19-14(2)12-22-17-7-5-4-6-16(17)21-3/h4-11,14H,12H2,1-3H3,(H2,19,20,23). The lowest BCUT2D eigenvalue weighted by Gasteiger charge is -2.18. The van der Waals surface area contributed by atoms with E-state index in [0.717, 1.165) is 17.2 Å². The summed E-state index contributed by atoms with van der Waals surface area (Å²) in [6.07, 6.45) is 0. The van der Waals surface area contributed by atoms with Crippen LogP contribution in [0.1, 0.15) is 12.5 Å². The van der Waals surface area contributed by atoms with Crippen molar-refractivity contribution in [3.63, 3.8) is 0 Å². The van der Waals surface area contributed by atoms with Crippen molar-refractivity contribution in [1.82, 2.24) is 5.32 Å². The lowest BCUT2D eigenvalue weighted by molar-refractivity contribution is 0.270. The molecule has 0 radical (unpaired) electrons. The summed E-state index contributed by atoms with van der Waals surface area (Å²) in [6.45, 7) is 4.55. The molecule has 0 fully saturated rings. The van der Waals surface area contributed by atoms with Gasteiger partial charge in [-0.3, -0.25) is 0 Å². The van der Waals surface area contributed by atoms with Crippen molar-refractivity contribution in [2.24, 2.45) is 0 Å². The summed E-state index contributed by atoms with van der Waals surface area (Å²) in [7, 11) is 1.63. The SMILES string of the molecule is COc1ccccc1OCC(C)NC(=S)Nc1ccc(C)cc1. The topological polar surface area (TPSA) is 42.5 Å². The second kappa shape index (κ2) is 8.39. The molecule has 122 valence electrons. The molecule has 1 unspecified atom stereocenters. The number of aryl methyl sites for hydroxylation is 1. The predicted molar refractivity (Wildman–Crippen MR) is 98.5 cm³/mol. The fraction of sp³-hybridized carbons (Fsp3) is 0.278. The van der Waals surface area contributed by atoms with E-state index < -0.39 is 0 Å². The minimum absolute atomic E-state index is 0.0605. The summed E-state index contributed by atoms with van der Waals surface area (Å²) < 4.78 is 11.0. The number of nitrogens with one attached hydrogen (secondary N) is 2. The summed E-state index contributed by atoms with van der Waals surface area (Å²) >= 11 is 5.32. The van der Waals surface area contributed by atoms with Crippen LogP contribution in [0.2, 0.25) is 0 Å². The molecule has 2 N–H and O–H groups in total. The zero-order valence-corrected chi connectivity index (χ0v) is 14.4. The maximum absolute atomic E-state index is 5.78. The highest BCUT2D eigenvalue weighted by Gasteiger charge is 2.08. The van der Waals surface area contributed by atoms with Crippen molar-refractivity contribution in [3.8, 4) is 11.5 Å². The highest BCUT2D eigenvalue weighted by atomic mass is 32.1. The van der Waals surface area contributed by atoms with Gasteiger partial charge in [0.1, 0.15) is 6.61 Å². The smallest absolute Gasteiger partial charge is 0.171 e. The predicted octanol–water partition coefficient (Wildman–Crippen LogP) is 3.76. The summed E-state index contributed by atoms with van der Waals surface area (Å²) in [5.74, 6) is 1.45. The van der Waals surface area contributed by atoms with Gasteiger partial charge < -0.3 is 20.1 Å². The monoisotopic (exact) mass is 330 g/mol. The van der Waals surface area contributed by atoms with E-state index >= 15 is 0 Å². The number of thiocarbonyl (C=S) groups is 1. The largest absolute Gasteiger partial charge is 0.493 e. The zero-order chi connectivity index (χ0) is 16.7. The Morgan fingerprint density at radius 2 is 1.74 bits per heavy atom. The van der Waals surface area contributed by atoms with Gasteiger partial charge in [0, 0.05) is 5.69 Å². The van der Waals surface area contributed by atoms with Crippen molar-refractivity contribution in [2.75, 3.05) is 19.0 Å². The van der Waals surface area contributed by atoms with E-state index in [9.17, 15) is 0 Å². The van der Waals surface area contributed by atoms with Gasteiger partial charge in [-0.05, 0) is 50.3 Å². The maximum atomic E-state index is 5.78. The first-order valence-corrected chi connectivity index (χ1v) is 7.89. The van der Waals surface area contributed by atoms with Gasteiger partial charge in [0.05, 0.1) is 13.2 Å². The van der Waals surface area contributed by atoms with E-state index in [0.29, 0.717) is 11.7 Å². The molecule has 0 aliphatic rings. The normalized spacial score (nSPS) is 11.4. The molecular formula is C18H22N2O2S. The van der Waals surface area contributed by atoms with Gasteiger partial charge in [0.15, 0.2) is 16.6 Å². The Morgan fingerprint density at radius 1 is 1.09 bits per heavy atom. The van der Waals surface area contributed by atoms with E-state index in [4.69, 9.17) is 21.7 Å². The van der Waals surface area contributed by atoms with Gasteiger partial charge in [-0.1, -0.05) is 29.8 Å². The number of hydrogen-bond acceptors (Lipinski definition) is 3. The first-order chi connectivity index (χ1) is 11.1. The van der Waals surface area contributed by atoms with Crippen molar-refractivity contribution < 1.29 is 9.47 Å². The first-order valence-electron chi connectivity index (χ1n) is 7.48. The van der Waals surface area contributed by atoms with Crippen LogP contribution in [0.25, 0.3) is 0 Å². The molecule has 0 heterocycles. The lowest BCUT2D eigenvalue weighted by atomic mass is 10.2. The van der Waals surface area contributed by atoms with E-state index in [1.54, 1.807) is 7.11 Å². The Labute approximate surface area is 142 Å². The van der Waals surface area contributed by atoms with Gasteiger partial charge in [-0.2, -0.15) is 0 Å². The van der Waals surface area contributed by atoms with Gasteiger partial charge in [-0.15, -0.1) is 0 Å². The summed E-state index contributed by atoms with van der Waals surface area (Å²) in [5, 5.41) is 6.94. The molecule has 0 bridgehead atoms. The van der Waals surface area contributed by atoms with Gasteiger partial charge in [-0.25, -0.2) is 0 Å². The summed E-state index contributed by atoms with van der Waals surface area (Å²) in [4.78, 5) is 0. The van der Waals surface area contributed by atoms with Crippen LogP contribution in [-0.2, 0) is 0 Å². The summed E-state index contributed by atoms with van der Waals surface area (Å²) in [5.41, 5.74) is 2.18. The zero-order valence-electron chi connectivity index (χ0n) is 13.6. The number of ether oxygens (including phenoxy) is 2. The maximum Gasteiger partial charge on any atom is 0.171 e. The second-order valence-electron chi connectivity index (χ2n) is 5.33. The van der Waals surface area contributed by atoms with Crippen LogP contribution in [0.4, 0.5) is 5.69 Å². The minimum Gasteiger partial charge on any atom is -0.493 e. The van der Waals surface area contributed by atoms with E-state index in [1.165, 1.54) is 5.56 Å². The molecule has 23 heavy (non-hydrogen) atoms. The van der Waals surface area contributed by atoms with Gasteiger partial charge in [0.25, 0.3) is 0 Å². The molecule has 0 saturated heterocycles. The fourth-order valence-electron chi connectivity index (χ4n) is 2.02. The lowest BCUT2D eigenvalue weighted by Crippen LogP contribution is -2.39. The Kier molecular flexibility index (Phi) is 6.23. The Balaban J connectivity index is 1.81. The molecule has 5 heteroatoms. The van der Waals surface area contributed by atoms with Crippen LogP contribution in [0, 0.1) is 6.92 Å². The van der Waals surface area contributed by atoms with E-state index in [-0.39, 0.29) is 6.04 Å². The third-order valence-electron chi connectivity index (χ3n) is 3.24. The minimum atomic E-state index is 0.0605. The van der Waals surface area contributed by atoms with Crippen molar-refractivity contribution in [1.29, 1.82) is 0 Å². The average molecular weight is 330 g/mol. The molecule has 1 atom stereocenters. The number of methoxy groups -OCH3 is 1. The Bertz CT molecular complexity index is 644. The van der Waals surface area contributed by atoms with Crippen LogP contribution < -0.4 is 20.1 Å². The Morgan fingerprint density at radius 3 is 2.39 bits per heavy atom. The molecule has 0 saturated carbocycles. The van der Waals surface area contributed by atoms with Crippen molar-refractivity contribution in [2.45, 2.75) is 19.9 Å². The van der Waals surface area contributed by atoms with Crippen LogP contribution in [0.15, 0.2) is 48.5 Å². The summed E-state index contributed by atoms with van der Waals surface area (Å²) in [6, 6.07) is 15.7. The molecule has 0 aliphatic carbocycles. The first kappa shape index (κ1) is 17.1. The highest BCUT2D eigenvalue weighted by molar-refractivity contribution is 7.80. The highest BCUT2D eigenvalue weighted by Crippen LogP contribution is 2.25. The van der Waals surface area contributed by atoms with E-state index in [2.05, 4.69) is 17.6 Å². The van der Waals surface area contributed by atoms with Crippen LogP contribution >= 0.6 is 12.2 Å². The number of hydrogen-bond donors (Lipinski definition) is 2. The van der Waals surface area contributed by atoms with Gasteiger partial charge >= 0.3 is 0 Å². The molecule has 0 amide bonds. The number of benzene rings is 2. The molecule has 2 aromatic rings. The number of anilines is 1. The second-order valence-corrected chi connectivity index (χ2v) is 5.74. The third-order valence-corrected chi connectivity index (χ3v) is 3.46. The number of rotatable bonds is 6. The molecule has 4 nitrogen and oxygen atoms in total. The number of para-hydroxylation sites is 2. The van der Waals surface area contributed by atoms with Crippen molar-refractivity contribution >= 4 is 23.0 Å². The van der Waals surface area contributed by atoms with Gasteiger partial charge in [0.2, 0.25) is 0 Å². The molecule has 0 aromatic heterocycles. The molecule has 0 spiro atoms. The Hall–Kier alpha value is -2.27. The molecule has 0 aliphatic heterocycles. The van der Waals surface area contributed by atoms with Crippen LogP contribution in [-0.4, -0.2) is 24.9 Å².